The molecule has 0 saturated heterocycles. The summed E-state index contributed by atoms with van der Waals surface area (Å²) in [5.41, 5.74) is 1.28. The molecule has 4 fully saturated rings. The Kier molecular flexibility index (Phi) is 4.68. The molecule has 27 heavy (non-hydrogen) atoms. The molecule has 0 aliphatic heterocycles. The fourth-order valence-electron chi connectivity index (χ4n) is 6.21. The van der Waals surface area contributed by atoms with Gasteiger partial charge in [-0.05, 0) is 86.8 Å². The fourth-order valence-corrected chi connectivity index (χ4v) is 8.24. The minimum Gasteiger partial charge on any atom is -0.352 e. The van der Waals surface area contributed by atoms with E-state index in [-0.39, 0.29) is 11.9 Å². The Balaban J connectivity index is 1.20. The second-order valence-corrected chi connectivity index (χ2v) is 11.6. The van der Waals surface area contributed by atoms with E-state index in [0.717, 1.165) is 32.3 Å². The summed E-state index contributed by atoms with van der Waals surface area (Å²) >= 11 is 9.19. The zero-order chi connectivity index (χ0) is 18.6. The largest absolute Gasteiger partial charge is 0.352 e. The van der Waals surface area contributed by atoms with Gasteiger partial charge < -0.3 is 5.32 Å². The van der Waals surface area contributed by atoms with Gasteiger partial charge in [-0.25, -0.2) is 4.98 Å². The molecule has 1 N–H and O–H groups in total. The molecule has 144 valence electrons. The minimum atomic E-state index is 0.139. The highest BCUT2D eigenvalue weighted by molar-refractivity contribution is 8.01. The van der Waals surface area contributed by atoms with Gasteiger partial charge in [-0.3, -0.25) is 4.79 Å². The van der Waals surface area contributed by atoms with Gasteiger partial charge in [-0.1, -0.05) is 23.4 Å². The summed E-state index contributed by atoms with van der Waals surface area (Å²) in [6.45, 7) is 2.25. The summed E-state index contributed by atoms with van der Waals surface area (Å²) in [7, 11) is 0. The van der Waals surface area contributed by atoms with Crippen molar-refractivity contribution >= 4 is 50.8 Å². The zero-order valence-corrected chi connectivity index (χ0v) is 17.9. The highest BCUT2D eigenvalue weighted by atomic mass is 35.5. The van der Waals surface area contributed by atoms with Crippen molar-refractivity contribution in [2.45, 2.75) is 55.8 Å². The number of hydrogen-bond donors (Lipinski definition) is 1. The molecule has 0 spiro atoms. The summed E-state index contributed by atoms with van der Waals surface area (Å²) in [5, 5.41) is 4.05. The highest BCUT2D eigenvalue weighted by Crippen LogP contribution is 2.61. The van der Waals surface area contributed by atoms with Crippen LogP contribution in [0.2, 0.25) is 5.02 Å². The molecule has 3 nitrogen and oxygen atoms in total. The normalized spacial score (nSPS) is 32.7. The molecule has 1 aromatic carbocycles. The Morgan fingerprint density at radius 3 is 2.63 bits per heavy atom. The summed E-state index contributed by atoms with van der Waals surface area (Å²) in [6.07, 6.45) is 8.30. The van der Waals surface area contributed by atoms with Crippen LogP contribution in [0.5, 0.6) is 0 Å². The Morgan fingerprint density at radius 1 is 1.30 bits per heavy atom. The van der Waals surface area contributed by atoms with Crippen LogP contribution in [0.15, 0.2) is 22.5 Å². The van der Waals surface area contributed by atoms with Gasteiger partial charge in [0.15, 0.2) is 4.34 Å². The molecule has 1 atom stereocenters. The number of rotatable bonds is 5. The van der Waals surface area contributed by atoms with Crippen molar-refractivity contribution in [3.05, 3.63) is 23.2 Å². The van der Waals surface area contributed by atoms with Crippen LogP contribution in [-0.4, -0.2) is 22.7 Å². The molecule has 0 unspecified atom stereocenters. The van der Waals surface area contributed by atoms with E-state index >= 15 is 0 Å². The fraction of sp³-hybridized carbons (Fsp3) is 0.619. The van der Waals surface area contributed by atoms with Crippen LogP contribution in [0.3, 0.4) is 0 Å². The number of nitrogens with zero attached hydrogens (tertiary/aromatic N) is 1. The summed E-state index contributed by atoms with van der Waals surface area (Å²) in [6, 6.07) is 6.05. The van der Waals surface area contributed by atoms with E-state index < -0.39 is 0 Å². The smallest absolute Gasteiger partial charge is 0.230 e. The Labute approximate surface area is 173 Å². The van der Waals surface area contributed by atoms with E-state index in [0.29, 0.717) is 16.2 Å². The molecule has 2 aromatic rings. The number of hydrogen-bond acceptors (Lipinski definition) is 4. The Bertz CT molecular complexity index is 845. The van der Waals surface area contributed by atoms with Crippen molar-refractivity contribution in [3.63, 3.8) is 0 Å². The van der Waals surface area contributed by atoms with E-state index in [1.807, 2.05) is 18.2 Å². The lowest BCUT2D eigenvalue weighted by Crippen LogP contribution is -2.56. The number of fused-ring (bicyclic) bond motifs is 1. The number of benzene rings is 1. The third-order valence-electron chi connectivity index (χ3n) is 7.04. The van der Waals surface area contributed by atoms with Gasteiger partial charge in [-0.15, -0.1) is 11.3 Å². The lowest BCUT2D eigenvalue weighted by molar-refractivity contribution is -0.123. The predicted octanol–water partition coefficient (Wildman–Crippen LogP) is 5.76. The first-order chi connectivity index (χ1) is 13.0. The summed E-state index contributed by atoms with van der Waals surface area (Å²) in [5.74, 6) is 3.32. The number of carbonyl (C=O) groups excluding carboxylic acids is 1. The first kappa shape index (κ1) is 18.3. The van der Waals surface area contributed by atoms with Crippen molar-refractivity contribution in [3.8, 4) is 0 Å². The maximum Gasteiger partial charge on any atom is 0.230 e. The molecule has 6 rings (SSSR count). The van der Waals surface area contributed by atoms with Crippen molar-refractivity contribution < 1.29 is 4.79 Å². The molecule has 4 aliphatic rings. The van der Waals surface area contributed by atoms with Gasteiger partial charge in [0.05, 0.1) is 16.0 Å². The summed E-state index contributed by atoms with van der Waals surface area (Å²) in [4.78, 5) is 17.2. The monoisotopic (exact) mass is 420 g/mol. The van der Waals surface area contributed by atoms with Crippen LogP contribution in [0.25, 0.3) is 10.2 Å². The number of amides is 1. The molecular formula is C21H25ClN2OS2. The average molecular weight is 421 g/mol. The maximum absolute atomic E-state index is 12.6. The van der Waals surface area contributed by atoms with E-state index in [9.17, 15) is 4.79 Å². The number of nitrogens with one attached hydrogen (secondary N) is 1. The lowest BCUT2D eigenvalue weighted by Gasteiger charge is -2.59. The van der Waals surface area contributed by atoms with Crippen molar-refractivity contribution in [2.75, 3.05) is 5.75 Å². The number of aromatic nitrogens is 1. The highest BCUT2D eigenvalue weighted by Gasteiger charge is 2.53. The van der Waals surface area contributed by atoms with E-state index in [4.69, 9.17) is 11.6 Å². The van der Waals surface area contributed by atoms with E-state index in [1.54, 1.807) is 11.3 Å². The zero-order valence-electron chi connectivity index (χ0n) is 15.5. The van der Waals surface area contributed by atoms with Crippen LogP contribution in [0.1, 0.15) is 45.4 Å². The van der Waals surface area contributed by atoms with Crippen molar-refractivity contribution in [1.82, 2.24) is 10.3 Å². The van der Waals surface area contributed by atoms with Crippen LogP contribution in [0.4, 0.5) is 0 Å². The van der Waals surface area contributed by atoms with Gasteiger partial charge in [0.2, 0.25) is 5.91 Å². The maximum atomic E-state index is 12.6. The van der Waals surface area contributed by atoms with Crippen LogP contribution < -0.4 is 5.32 Å². The molecule has 0 radical (unpaired) electrons. The van der Waals surface area contributed by atoms with Gasteiger partial charge in [-0.2, -0.15) is 0 Å². The SMILES string of the molecule is C[C@H](NC(=O)CSc1nc2cc(Cl)ccc2s1)C12CC3CC(CC(C3)C1)C2. The number of thioether (sulfide) groups is 1. The quantitative estimate of drug-likeness (QED) is 0.625. The topological polar surface area (TPSA) is 42.0 Å². The van der Waals surface area contributed by atoms with Crippen molar-refractivity contribution in [2.24, 2.45) is 23.2 Å². The molecule has 4 aliphatic carbocycles. The van der Waals surface area contributed by atoms with Crippen molar-refractivity contribution in [1.29, 1.82) is 0 Å². The molecule has 6 heteroatoms. The molecule has 4 saturated carbocycles. The first-order valence-corrected chi connectivity index (χ1v) is 12.2. The van der Waals surface area contributed by atoms with Gasteiger partial charge >= 0.3 is 0 Å². The van der Waals surface area contributed by atoms with Crippen LogP contribution in [0, 0.1) is 23.2 Å². The second-order valence-electron chi connectivity index (χ2n) is 8.95. The minimum absolute atomic E-state index is 0.139. The summed E-state index contributed by atoms with van der Waals surface area (Å²) < 4.78 is 2.05. The molecule has 4 bridgehead atoms. The Hall–Kier alpha value is -0.780. The third-order valence-corrected chi connectivity index (χ3v) is 9.45. The van der Waals surface area contributed by atoms with Gasteiger partial charge in [0.1, 0.15) is 0 Å². The molecular weight excluding hydrogens is 396 g/mol. The van der Waals surface area contributed by atoms with E-state index in [1.165, 1.54) is 50.3 Å². The van der Waals surface area contributed by atoms with Crippen LogP contribution >= 0.6 is 34.7 Å². The first-order valence-electron chi connectivity index (χ1n) is 9.97. The number of carbonyl (C=O) groups is 1. The predicted molar refractivity (Wildman–Crippen MR) is 114 cm³/mol. The van der Waals surface area contributed by atoms with E-state index in [2.05, 4.69) is 17.2 Å². The second kappa shape index (κ2) is 6.93. The number of halogens is 1. The third kappa shape index (κ3) is 3.51. The molecule has 1 amide bonds. The number of thiazole rings is 1. The molecule has 1 heterocycles. The lowest BCUT2D eigenvalue weighted by atomic mass is 9.48. The van der Waals surface area contributed by atoms with Crippen LogP contribution in [-0.2, 0) is 4.79 Å². The molecule has 1 aromatic heterocycles. The standard InChI is InChI=1S/C21H25ClN2OS2/c1-12(21-8-13-4-14(9-21)6-15(5-13)10-21)23-19(25)11-26-20-24-17-7-16(22)2-3-18(17)27-20/h2-3,7,12-15H,4-6,8-11H2,1H3,(H,23,25)/t12-,13?,14?,15?,21?/m0/s1. The Morgan fingerprint density at radius 2 is 1.96 bits per heavy atom. The van der Waals surface area contributed by atoms with Gasteiger partial charge in [0, 0.05) is 11.1 Å². The average Bonchev–Trinajstić information content (AvgIpc) is 3.01. The van der Waals surface area contributed by atoms with Gasteiger partial charge in [0.25, 0.3) is 0 Å².